The average Bonchev–Trinajstić information content (AvgIpc) is 3.23. The predicted molar refractivity (Wildman–Crippen MR) is 124 cm³/mol. The van der Waals surface area contributed by atoms with Crippen LogP contribution in [-0.4, -0.2) is 9.97 Å². The van der Waals surface area contributed by atoms with Crippen LogP contribution in [0, 0.1) is 0 Å². The number of nitrogens with zero attached hydrogens (tertiary/aromatic N) is 2. The smallest absolute Gasteiger partial charge is 0.151 e. The number of hydrogen-bond donors (Lipinski definition) is 1. The Morgan fingerprint density at radius 2 is 1.60 bits per heavy atom. The molecule has 6 heteroatoms. The first-order valence-corrected chi connectivity index (χ1v) is 10.6. The first-order chi connectivity index (χ1) is 14.8. The Kier molecular flexibility index (Phi) is 5.05. The molecule has 2 aromatic heterocycles. The van der Waals surface area contributed by atoms with Crippen LogP contribution in [0.15, 0.2) is 91.3 Å². The standard InChI is InChI=1S/C24H16ClN3OS/c25-17-11-12-21(29-18-9-5-2-6-10-18)20(13-17)28-23-19-14-22(16-7-3-1-4-8-16)30-24(19)27-15-26-23/h1-15H,(H,26,27,28). The lowest BCUT2D eigenvalue weighted by Crippen LogP contribution is -1.97. The SMILES string of the molecule is Clc1ccc(Oc2ccccc2)c(Nc2ncnc3sc(-c4ccccc4)cc23)c1. The molecule has 0 aliphatic heterocycles. The Labute approximate surface area is 182 Å². The van der Waals surface area contributed by atoms with Gasteiger partial charge < -0.3 is 10.1 Å². The maximum Gasteiger partial charge on any atom is 0.151 e. The van der Waals surface area contributed by atoms with E-state index in [4.69, 9.17) is 16.3 Å². The van der Waals surface area contributed by atoms with Crippen molar-refractivity contribution in [2.24, 2.45) is 0 Å². The van der Waals surface area contributed by atoms with Crippen molar-refractivity contribution >= 4 is 44.7 Å². The van der Waals surface area contributed by atoms with Gasteiger partial charge in [-0.1, -0.05) is 60.1 Å². The average molecular weight is 430 g/mol. The third-order valence-corrected chi connectivity index (χ3v) is 5.88. The zero-order valence-corrected chi connectivity index (χ0v) is 17.3. The summed E-state index contributed by atoms with van der Waals surface area (Å²) in [7, 11) is 0. The van der Waals surface area contributed by atoms with Gasteiger partial charge in [0, 0.05) is 9.90 Å². The molecule has 1 N–H and O–H groups in total. The Hall–Kier alpha value is -3.41. The van der Waals surface area contributed by atoms with E-state index in [1.54, 1.807) is 23.7 Å². The molecule has 0 spiro atoms. The Morgan fingerprint density at radius 1 is 0.833 bits per heavy atom. The Morgan fingerprint density at radius 3 is 2.40 bits per heavy atom. The highest BCUT2D eigenvalue weighted by atomic mass is 35.5. The monoisotopic (exact) mass is 429 g/mol. The molecule has 0 saturated heterocycles. The van der Waals surface area contributed by atoms with E-state index in [2.05, 4.69) is 33.5 Å². The van der Waals surface area contributed by atoms with Crippen LogP contribution in [-0.2, 0) is 0 Å². The minimum Gasteiger partial charge on any atom is -0.455 e. The largest absolute Gasteiger partial charge is 0.455 e. The number of nitrogens with one attached hydrogen (secondary N) is 1. The fraction of sp³-hybridized carbons (Fsp3) is 0. The van der Waals surface area contributed by atoms with E-state index in [1.807, 2.05) is 60.7 Å². The number of fused-ring (bicyclic) bond motifs is 1. The molecule has 0 bridgehead atoms. The summed E-state index contributed by atoms with van der Waals surface area (Å²) in [6.45, 7) is 0. The second-order valence-electron chi connectivity index (χ2n) is 6.60. The zero-order chi connectivity index (χ0) is 20.3. The summed E-state index contributed by atoms with van der Waals surface area (Å²) in [5.74, 6) is 2.12. The molecule has 2 heterocycles. The van der Waals surface area contributed by atoms with Crippen LogP contribution in [0.4, 0.5) is 11.5 Å². The van der Waals surface area contributed by atoms with Gasteiger partial charge in [0.15, 0.2) is 5.75 Å². The number of benzene rings is 3. The lowest BCUT2D eigenvalue weighted by molar-refractivity contribution is 0.485. The molecule has 0 fully saturated rings. The van der Waals surface area contributed by atoms with Crippen LogP contribution in [0.25, 0.3) is 20.7 Å². The molecular formula is C24H16ClN3OS. The quantitative estimate of drug-likeness (QED) is 0.313. The lowest BCUT2D eigenvalue weighted by Gasteiger charge is -2.13. The third-order valence-electron chi connectivity index (χ3n) is 4.55. The molecule has 5 aromatic rings. The number of anilines is 2. The summed E-state index contributed by atoms with van der Waals surface area (Å²) in [5.41, 5.74) is 1.89. The molecule has 146 valence electrons. The minimum absolute atomic E-state index is 0.610. The summed E-state index contributed by atoms with van der Waals surface area (Å²) in [6, 6.07) is 27.5. The van der Waals surface area contributed by atoms with E-state index in [0.717, 1.165) is 32.1 Å². The summed E-state index contributed by atoms with van der Waals surface area (Å²) in [4.78, 5) is 11.0. The number of para-hydroxylation sites is 1. The Balaban J connectivity index is 1.53. The van der Waals surface area contributed by atoms with Gasteiger partial charge >= 0.3 is 0 Å². The van der Waals surface area contributed by atoms with Crippen molar-refractivity contribution in [3.63, 3.8) is 0 Å². The number of aromatic nitrogens is 2. The van der Waals surface area contributed by atoms with Crippen LogP contribution in [0.2, 0.25) is 5.02 Å². The van der Waals surface area contributed by atoms with Gasteiger partial charge in [0.2, 0.25) is 0 Å². The highest BCUT2D eigenvalue weighted by Gasteiger charge is 2.13. The predicted octanol–water partition coefficient (Wildman–Crippen LogP) is 7.55. The number of thiophene rings is 1. The molecule has 0 aliphatic carbocycles. The topological polar surface area (TPSA) is 47.0 Å². The number of ether oxygens (including phenoxy) is 1. The Bertz CT molecular complexity index is 1310. The summed E-state index contributed by atoms with van der Waals surface area (Å²) in [6.07, 6.45) is 1.57. The molecule has 0 aliphatic rings. The van der Waals surface area contributed by atoms with Crippen LogP contribution in [0.5, 0.6) is 11.5 Å². The first kappa shape index (κ1) is 18.6. The fourth-order valence-electron chi connectivity index (χ4n) is 3.13. The highest BCUT2D eigenvalue weighted by Crippen LogP contribution is 2.38. The number of halogens is 1. The second kappa shape index (κ2) is 8.14. The van der Waals surface area contributed by atoms with Gasteiger partial charge in [0.1, 0.15) is 22.7 Å². The lowest BCUT2D eigenvalue weighted by atomic mass is 10.2. The van der Waals surface area contributed by atoms with Crippen molar-refractivity contribution in [2.75, 3.05) is 5.32 Å². The minimum atomic E-state index is 0.610. The maximum atomic E-state index is 6.26. The molecule has 4 nitrogen and oxygen atoms in total. The van der Waals surface area contributed by atoms with E-state index in [-0.39, 0.29) is 0 Å². The van der Waals surface area contributed by atoms with Crippen molar-refractivity contribution in [1.29, 1.82) is 0 Å². The highest BCUT2D eigenvalue weighted by molar-refractivity contribution is 7.21. The molecule has 0 amide bonds. The van der Waals surface area contributed by atoms with E-state index in [9.17, 15) is 0 Å². The molecule has 0 unspecified atom stereocenters. The molecular weight excluding hydrogens is 414 g/mol. The van der Waals surface area contributed by atoms with Gasteiger partial charge in [-0.25, -0.2) is 9.97 Å². The second-order valence-corrected chi connectivity index (χ2v) is 8.07. The number of hydrogen-bond acceptors (Lipinski definition) is 5. The van der Waals surface area contributed by atoms with Crippen LogP contribution >= 0.6 is 22.9 Å². The fourth-order valence-corrected chi connectivity index (χ4v) is 4.31. The first-order valence-electron chi connectivity index (χ1n) is 9.36. The zero-order valence-electron chi connectivity index (χ0n) is 15.7. The molecule has 0 atom stereocenters. The van der Waals surface area contributed by atoms with E-state index < -0.39 is 0 Å². The summed E-state index contributed by atoms with van der Waals surface area (Å²) < 4.78 is 6.06. The van der Waals surface area contributed by atoms with Crippen molar-refractivity contribution < 1.29 is 4.74 Å². The van der Waals surface area contributed by atoms with Crippen molar-refractivity contribution in [2.45, 2.75) is 0 Å². The van der Waals surface area contributed by atoms with Crippen LogP contribution < -0.4 is 10.1 Å². The maximum absolute atomic E-state index is 6.26. The summed E-state index contributed by atoms with van der Waals surface area (Å²) in [5, 5.41) is 4.95. The third kappa shape index (κ3) is 3.85. The van der Waals surface area contributed by atoms with E-state index in [1.165, 1.54) is 0 Å². The van der Waals surface area contributed by atoms with Gasteiger partial charge in [-0.3, -0.25) is 0 Å². The number of rotatable bonds is 5. The van der Waals surface area contributed by atoms with Crippen LogP contribution in [0.3, 0.4) is 0 Å². The van der Waals surface area contributed by atoms with Gasteiger partial charge in [-0.05, 0) is 42.0 Å². The van der Waals surface area contributed by atoms with Gasteiger partial charge in [0.05, 0.1) is 11.1 Å². The molecule has 0 saturated carbocycles. The summed E-state index contributed by atoms with van der Waals surface area (Å²) >= 11 is 7.90. The van der Waals surface area contributed by atoms with Crippen LogP contribution in [0.1, 0.15) is 0 Å². The molecule has 0 radical (unpaired) electrons. The van der Waals surface area contributed by atoms with Gasteiger partial charge in [-0.2, -0.15) is 0 Å². The molecule has 5 rings (SSSR count). The normalized spacial score (nSPS) is 10.8. The molecule has 3 aromatic carbocycles. The van der Waals surface area contributed by atoms with Crippen molar-refractivity contribution in [1.82, 2.24) is 9.97 Å². The van der Waals surface area contributed by atoms with Crippen molar-refractivity contribution in [3.8, 4) is 21.9 Å². The van der Waals surface area contributed by atoms with Crippen molar-refractivity contribution in [3.05, 3.63) is 96.3 Å². The van der Waals surface area contributed by atoms with Gasteiger partial charge in [0.25, 0.3) is 0 Å². The molecule has 30 heavy (non-hydrogen) atoms. The van der Waals surface area contributed by atoms with E-state index >= 15 is 0 Å². The van der Waals surface area contributed by atoms with E-state index in [0.29, 0.717) is 16.6 Å². The van der Waals surface area contributed by atoms with Gasteiger partial charge in [-0.15, -0.1) is 11.3 Å².